The first-order chi connectivity index (χ1) is 26.8. The zero-order valence-electron chi connectivity index (χ0n) is 29.0. The van der Waals surface area contributed by atoms with Crippen molar-refractivity contribution < 1.29 is 4.74 Å². The lowest BCUT2D eigenvalue weighted by atomic mass is 9.65. The van der Waals surface area contributed by atoms with Crippen LogP contribution in [0, 0.1) is 0 Å². The minimum Gasteiger partial charge on any atom is -0.457 e. The average molecular weight is 691 g/mol. The Kier molecular flexibility index (Phi) is 6.70. The van der Waals surface area contributed by atoms with Crippen molar-refractivity contribution in [3.63, 3.8) is 0 Å². The maximum Gasteiger partial charge on any atom is 0.164 e. The van der Waals surface area contributed by atoms with Gasteiger partial charge in [-0.1, -0.05) is 133 Å². The molecule has 9 aromatic rings. The number of ether oxygens (including phenoxy) is 1. The Labute approximate surface area is 312 Å². The summed E-state index contributed by atoms with van der Waals surface area (Å²) in [5.74, 6) is 3.58. The monoisotopic (exact) mass is 690 g/mol. The molecule has 54 heavy (non-hydrogen) atoms. The molecule has 7 aromatic carbocycles. The van der Waals surface area contributed by atoms with Crippen LogP contribution in [0.25, 0.3) is 67.2 Å². The molecule has 1 aliphatic carbocycles. The number of aromatic nitrogens is 4. The lowest BCUT2D eigenvalue weighted by Crippen LogP contribution is -2.32. The van der Waals surface area contributed by atoms with Crippen LogP contribution in [0.15, 0.2) is 182 Å². The number of fused-ring (bicyclic) bond motifs is 10. The molecule has 0 unspecified atom stereocenters. The zero-order valence-corrected chi connectivity index (χ0v) is 29.0. The van der Waals surface area contributed by atoms with Crippen LogP contribution in [-0.2, 0) is 5.41 Å². The number of pyridine rings is 1. The fraction of sp³-hybridized carbons (Fsp3) is 0.0204. The predicted molar refractivity (Wildman–Crippen MR) is 214 cm³/mol. The molecule has 1 spiro atoms. The largest absolute Gasteiger partial charge is 0.457 e. The van der Waals surface area contributed by atoms with Gasteiger partial charge in [-0.25, -0.2) is 15.0 Å². The molecule has 11 rings (SSSR count). The van der Waals surface area contributed by atoms with Gasteiger partial charge in [0.2, 0.25) is 0 Å². The van der Waals surface area contributed by atoms with Crippen molar-refractivity contribution in [2.24, 2.45) is 0 Å². The van der Waals surface area contributed by atoms with Crippen LogP contribution in [0.5, 0.6) is 11.5 Å². The molecular formula is C49H30N4O. The topological polar surface area (TPSA) is 60.8 Å². The number of rotatable bonds is 4. The summed E-state index contributed by atoms with van der Waals surface area (Å²) in [6.45, 7) is 0. The molecule has 2 aliphatic rings. The normalized spacial score (nSPS) is 13.1. The molecule has 2 aromatic heterocycles. The van der Waals surface area contributed by atoms with Gasteiger partial charge < -0.3 is 4.74 Å². The van der Waals surface area contributed by atoms with Crippen molar-refractivity contribution in [3.8, 4) is 67.9 Å². The average Bonchev–Trinajstić information content (AvgIpc) is 3.53. The fourth-order valence-corrected chi connectivity index (χ4v) is 8.52. The molecule has 5 nitrogen and oxygen atoms in total. The van der Waals surface area contributed by atoms with E-state index in [2.05, 4.69) is 145 Å². The maximum atomic E-state index is 6.65. The molecule has 1 aliphatic heterocycles. The van der Waals surface area contributed by atoms with E-state index in [9.17, 15) is 0 Å². The summed E-state index contributed by atoms with van der Waals surface area (Å²) in [6, 6.07) is 59.4. The van der Waals surface area contributed by atoms with E-state index in [1.807, 2.05) is 42.7 Å². The van der Waals surface area contributed by atoms with Crippen LogP contribution >= 0.6 is 0 Å². The Morgan fingerprint density at radius 2 is 0.944 bits per heavy atom. The lowest BCUT2D eigenvalue weighted by molar-refractivity contribution is 0.436. The molecule has 3 heterocycles. The van der Waals surface area contributed by atoms with Crippen molar-refractivity contribution in [3.05, 3.63) is 205 Å². The quantitative estimate of drug-likeness (QED) is 0.184. The minimum atomic E-state index is -0.664. The summed E-state index contributed by atoms with van der Waals surface area (Å²) in [5, 5.41) is 2.23. The van der Waals surface area contributed by atoms with Crippen molar-refractivity contribution in [1.82, 2.24) is 19.9 Å². The number of benzene rings is 7. The van der Waals surface area contributed by atoms with Gasteiger partial charge in [-0.2, -0.15) is 0 Å². The van der Waals surface area contributed by atoms with E-state index in [0.717, 1.165) is 61.2 Å². The Hall–Kier alpha value is -7.24. The van der Waals surface area contributed by atoms with Gasteiger partial charge in [-0.15, -0.1) is 0 Å². The third-order valence-corrected chi connectivity index (χ3v) is 10.9. The number of para-hydroxylation sites is 2. The number of hydrogen-bond acceptors (Lipinski definition) is 5. The van der Waals surface area contributed by atoms with Crippen LogP contribution in [0.1, 0.15) is 22.3 Å². The van der Waals surface area contributed by atoms with E-state index >= 15 is 0 Å². The van der Waals surface area contributed by atoms with E-state index in [-0.39, 0.29) is 0 Å². The van der Waals surface area contributed by atoms with Gasteiger partial charge in [-0.3, -0.25) is 4.98 Å². The smallest absolute Gasteiger partial charge is 0.164 e. The second-order valence-electron chi connectivity index (χ2n) is 13.8. The van der Waals surface area contributed by atoms with Gasteiger partial charge in [0.1, 0.15) is 11.5 Å². The zero-order chi connectivity index (χ0) is 35.6. The van der Waals surface area contributed by atoms with Gasteiger partial charge in [-0.05, 0) is 80.6 Å². The van der Waals surface area contributed by atoms with E-state index in [4.69, 9.17) is 19.7 Å². The molecule has 0 saturated carbocycles. The number of hydrogen-bond donors (Lipinski definition) is 0. The molecule has 0 radical (unpaired) electrons. The van der Waals surface area contributed by atoms with Gasteiger partial charge in [0.25, 0.3) is 0 Å². The van der Waals surface area contributed by atoms with Crippen LogP contribution in [0.4, 0.5) is 0 Å². The standard InChI is InChI=1S/C49H30N4O/c1-2-12-33(13-3-1)46-51-47(53-48(52-46)39-16-10-14-32-11-4-5-15-36(32)39)35-22-24-38-37-23-21-34(31-25-27-50-28-26-31)29-42(37)49(43(38)30-35)40-17-6-8-19-44(40)54-45-20-9-7-18-41(45)49/h1-30H. The Balaban J connectivity index is 1.19. The Morgan fingerprint density at radius 3 is 1.69 bits per heavy atom. The first-order valence-electron chi connectivity index (χ1n) is 18.1. The van der Waals surface area contributed by atoms with Gasteiger partial charge in [0.15, 0.2) is 17.5 Å². The maximum absolute atomic E-state index is 6.65. The third kappa shape index (κ3) is 4.52. The van der Waals surface area contributed by atoms with Gasteiger partial charge >= 0.3 is 0 Å². The third-order valence-electron chi connectivity index (χ3n) is 10.9. The molecule has 0 N–H and O–H groups in total. The lowest BCUT2D eigenvalue weighted by Gasteiger charge is -2.39. The highest BCUT2D eigenvalue weighted by atomic mass is 16.5. The van der Waals surface area contributed by atoms with Crippen molar-refractivity contribution in [1.29, 1.82) is 0 Å². The van der Waals surface area contributed by atoms with Crippen LogP contribution in [0.3, 0.4) is 0 Å². The molecule has 0 fully saturated rings. The van der Waals surface area contributed by atoms with Gasteiger partial charge in [0, 0.05) is 40.2 Å². The molecule has 0 bridgehead atoms. The minimum absolute atomic E-state index is 0.617. The van der Waals surface area contributed by atoms with Crippen molar-refractivity contribution in [2.45, 2.75) is 5.41 Å². The Bertz CT molecular complexity index is 2870. The first-order valence-corrected chi connectivity index (χ1v) is 18.1. The molecule has 0 saturated heterocycles. The molecule has 252 valence electrons. The summed E-state index contributed by atoms with van der Waals surface area (Å²) in [7, 11) is 0. The first kappa shape index (κ1) is 30.4. The van der Waals surface area contributed by atoms with E-state index < -0.39 is 5.41 Å². The molecule has 5 heteroatoms. The van der Waals surface area contributed by atoms with Crippen LogP contribution in [0.2, 0.25) is 0 Å². The highest BCUT2D eigenvalue weighted by Gasteiger charge is 2.51. The summed E-state index contributed by atoms with van der Waals surface area (Å²) in [4.78, 5) is 19.8. The van der Waals surface area contributed by atoms with E-state index in [1.165, 1.54) is 22.3 Å². The second-order valence-corrected chi connectivity index (χ2v) is 13.8. The highest BCUT2D eigenvalue weighted by molar-refractivity contribution is 5.96. The van der Waals surface area contributed by atoms with Crippen LogP contribution < -0.4 is 4.74 Å². The molecular weight excluding hydrogens is 661 g/mol. The fourth-order valence-electron chi connectivity index (χ4n) is 8.52. The van der Waals surface area contributed by atoms with Crippen molar-refractivity contribution >= 4 is 10.8 Å². The summed E-state index contributed by atoms with van der Waals surface area (Å²) >= 11 is 0. The molecule has 0 atom stereocenters. The SMILES string of the molecule is c1ccc(-c2nc(-c3ccc4c(c3)C3(c5ccccc5Oc5ccccc53)c3cc(-c5ccncc5)ccc3-4)nc(-c3cccc4ccccc34)n2)cc1. The summed E-state index contributed by atoms with van der Waals surface area (Å²) in [6.07, 6.45) is 3.70. The van der Waals surface area contributed by atoms with E-state index in [0.29, 0.717) is 17.5 Å². The van der Waals surface area contributed by atoms with Crippen LogP contribution in [-0.4, -0.2) is 19.9 Å². The second kappa shape index (κ2) is 11.9. The van der Waals surface area contributed by atoms with Crippen molar-refractivity contribution in [2.75, 3.05) is 0 Å². The predicted octanol–water partition coefficient (Wildman–Crippen LogP) is 11.6. The molecule has 0 amide bonds. The highest BCUT2D eigenvalue weighted by Crippen LogP contribution is 2.62. The van der Waals surface area contributed by atoms with Gasteiger partial charge in [0.05, 0.1) is 5.41 Å². The summed E-state index contributed by atoms with van der Waals surface area (Å²) in [5.41, 5.74) is 11.4. The Morgan fingerprint density at radius 1 is 0.370 bits per heavy atom. The van der Waals surface area contributed by atoms with E-state index in [1.54, 1.807) is 0 Å². The summed E-state index contributed by atoms with van der Waals surface area (Å²) < 4.78 is 6.65. The number of nitrogens with zero attached hydrogens (tertiary/aromatic N) is 4.